The number of carbonyl (C=O) groups excluding carboxylic acids is 1. The van der Waals surface area contributed by atoms with E-state index < -0.39 is 23.6 Å². The van der Waals surface area contributed by atoms with Gasteiger partial charge < -0.3 is 45.5 Å². The van der Waals surface area contributed by atoms with Crippen LogP contribution in [0, 0.1) is 29.6 Å². The van der Waals surface area contributed by atoms with E-state index in [9.17, 15) is 15.0 Å². The molecular weight excluding hydrogens is 1010 g/mol. The van der Waals surface area contributed by atoms with Crippen molar-refractivity contribution in [3.63, 3.8) is 0 Å². The van der Waals surface area contributed by atoms with Crippen molar-refractivity contribution in [2.45, 2.75) is 131 Å². The molecule has 6 N–H and O–H groups in total. The van der Waals surface area contributed by atoms with Crippen molar-refractivity contribution >= 4 is 33.6 Å². The molecule has 11 atom stereocenters. The first kappa shape index (κ1) is 51.2. The minimum Gasteiger partial charge on any atom is -0.508 e. The number of aromatic hydroxyl groups is 2. The van der Waals surface area contributed by atoms with Gasteiger partial charge in [-0.2, -0.15) is 0 Å². The molecule has 8 aliphatic rings. The van der Waals surface area contributed by atoms with E-state index in [1.54, 1.807) is 13.2 Å². The fourth-order valence-electron chi connectivity index (χ4n) is 14.9. The summed E-state index contributed by atoms with van der Waals surface area (Å²) in [5, 5.41) is 31.7. The molecule has 5 aliphatic heterocycles. The van der Waals surface area contributed by atoms with Crippen molar-refractivity contribution in [2.24, 2.45) is 23.5 Å². The number of aryl methyl sites for hydroxylation is 1. The first-order valence-electron chi connectivity index (χ1n) is 28.3. The second-order valence-electron chi connectivity index (χ2n) is 23.1. The first-order chi connectivity index (χ1) is 38.1. The van der Waals surface area contributed by atoms with Gasteiger partial charge in [0, 0.05) is 64.4 Å². The zero-order valence-corrected chi connectivity index (χ0v) is 46.1. The van der Waals surface area contributed by atoms with E-state index in [4.69, 9.17) is 24.7 Å². The predicted octanol–water partition coefficient (Wildman–Crippen LogP) is 12.0. The monoisotopic (exact) mass is 1080 g/mol. The molecule has 5 aromatic carbocycles. The van der Waals surface area contributed by atoms with Gasteiger partial charge in [0.25, 0.3) is 0 Å². The van der Waals surface area contributed by atoms with Crippen LogP contribution < -0.4 is 30.6 Å². The summed E-state index contributed by atoms with van der Waals surface area (Å²) in [6.07, 6.45) is 18.3. The third kappa shape index (κ3) is 9.67. The lowest BCUT2D eigenvalue weighted by Gasteiger charge is -2.40. The highest BCUT2D eigenvalue weighted by Crippen LogP contribution is 2.64. The Morgan fingerprint density at radius 2 is 1.76 bits per heavy atom. The van der Waals surface area contributed by atoms with Gasteiger partial charge in [0.15, 0.2) is 11.5 Å². The van der Waals surface area contributed by atoms with Crippen LogP contribution in [-0.2, 0) is 40.6 Å². The molecule has 78 heavy (non-hydrogen) atoms. The maximum atomic E-state index is 13.0. The zero-order chi connectivity index (χ0) is 53.1. The Morgan fingerprint density at radius 1 is 0.923 bits per heavy atom. The molecule has 3 aliphatic carbocycles. The van der Waals surface area contributed by atoms with Crippen LogP contribution in [0.1, 0.15) is 115 Å². The van der Waals surface area contributed by atoms with Crippen LogP contribution in [0.5, 0.6) is 28.7 Å². The number of benzene rings is 5. The fourth-order valence-corrected chi connectivity index (χ4v) is 18.1. The van der Waals surface area contributed by atoms with Crippen molar-refractivity contribution in [1.82, 2.24) is 10.6 Å². The quantitative estimate of drug-likeness (QED) is 0.0573. The lowest BCUT2D eigenvalue weighted by molar-refractivity contribution is -0.141. The lowest BCUT2D eigenvalue weighted by atomic mass is 9.64. The third-order valence-electron chi connectivity index (χ3n) is 18.3. The number of fused-ring (bicyclic) bond motifs is 11. The highest BCUT2D eigenvalue weighted by Gasteiger charge is 2.53. The highest BCUT2D eigenvalue weighted by molar-refractivity contribution is 8.77. The lowest BCUT2D eigenvalue weighted by Crippen LogP contribution is -2.52. The van der Waals surface area contributed by atoms with Gasteiger partial charge in [-0.05, 0) is 139 Å². The maximum Gasteiger partial charge on any atom is 0.302 e. The summed E-state index contributed by atoms with van der Waals surface area (Å²) in [5.41, 5.74) is 18.4. The van der Waals surface area contributed by atoms with E-state index in [2.05, 4.69) is 120 Å². The second-order valence-corrected chi connectivity index (χ2v) is 25.8. The van der Waals surface area contributed by atoms with Crippen molar-refractivity contribution in [3.8, 4) is 51.7 Å². The molecule has 0 aromatic heterocycles. The maximum absolute atomic E-state index is 13.0. The minimum absolute atomic E-state index is 0.0398. The summed E-state index contributed by atoms with van der Waals surface area (Å²) >= 11 is 0. The molecule has 5 aromatic rings. The summed E-state index contributed by atoms with van der Waals surface area (Å²) < 4.78 is 27.5. The summed E-state index contributed by atoms with van der Waals surface area (Å²) in [5.74, 6) is 10.7. The molecule has 13 rings (SSSR count). The van der Waals surface area contributed by atoms with Crippen molar-refractivity contribution in [2.75, 3.05) is 19.5 Å². The van der Waals surface area contributed by atoms with Crippen LogP contribution in [0.25, 0.3) is 17.2 Å². The number of nitrogens with two attached hydrogens (primary N) is 1. The Labute approximate surface area is 466 Å². The SMILES string of the molecule is COc1cc(O)cc2c1-c1ccc3c4c1[C@@]1(CC[C@@H](C1)[C@H](CCc1ccccc1)C1=C(C#CCc5cc(O)c6c(c5[C@@H](O4)[C@H]3COC(C)=O)C=C[C@H]3N[C@H]4CCC[C@@H](CSS[C@H](Cc5ccccc5)[C@@H]3O6)C4)NC(N)C=C1)C2. The molecule has 5 heterocycles. The predicted molar refractivity (Wildman–Crippen MR) is 311 cm³/mol. The number of hydrogen-bond donors (Lipinski definition) is 5. The zero-order valence-electron chi connectivity index (χ0n) is 44.5. The Balaban J connectivity index is 1.02. The first-order valence-corrected chi connectivity index (χ1v) is 30.6. The molecule has 12 heteroatoms. The van der Waals surface area contributed by atoms with Gasteiger partial charge in [0.2, 0.25) is 0 Å². The topological polar surface area (TPSA) is 145 Å². The van der Waals surface area contributed by atoms with Crippen molar-refractivity contribution in [1.29, 1.82) is 0 Å². The van der Waals surface area contributed by atoms with Crippen LogP contribution in [0.2, 0.25) is 0 Å². The van der Waals surface area contributed by atoms with E-state index in [-0.39, 0.29) is 59.7 Å². The number of phenols is 2. The average molecular weight is 1080 g/mol. The van der Waals surface area contributed by atoms with Crippen LogP contribution in [-0.4, -0.2) is 65.3 Å². The number of carbonyl (C=O) groups is 1. The molecule has 1 spiro atoms. The number of rotatable bonds is 8. The summed E-state index contributed by atoms with van der Waals surface area (Å²) in [6, 6.07) is 31.5. The smallest absolute Gasteiger partial charge is 0.302 e. The van der Waals surface area contributed by atoms with Gasteiger partial charge >= 0.3 is 5.97 Å². The molecule has 0 amide bonds. The number of hydrogen-bond acceptors (Lipinski definition) is 12. The molecule has 402 valence electrons. The van der Waals surface area contributed by atoms with E-state index in [0.29, 0.717) is 29.9 Å². The van der Waals surface area contributed by atoms with Gasteiger partial charge in [-0.1, -0.05) is 125 Å². The molecule has 10 nitrogen and oxygen atoms in total. The Bertz CT molecular complexity index is 3300. The number of allylic oxidation sites excluding steroid dienone is 3. The summed E-state index contributed by atoms with van der Waals surface area (Å²) in [6.45, 7) is 1.54. The van der Waals surface area contributed by atoms with E-state index >= 15 is 0 Å². The third-order valence-corrected chi connectivity index (χ3v) is 21.3. The number of dihydropyridines is 1. The Hall–Kier alpha value is -6.23. The van der Waals surface area contributed by atoms with Gasteiger partial charge in [-0.15, -0.1) is 0 Å². The molecule has 6 bridgehead atoms. The van der Waals surface area contributed by atoms with Crippen LogP contribution in [0.3, 0.4) is 0 Å². The van der Waals surface area contributed by atoms with Crippen LogP contribution in [0.4, 0.5) is 0 Å². The van der Waals surface area contributed by atoms with Gasteiger partial charge in [0.05, 0.1) is 36.2 Å². The van der Waals surface area contributed by atoms with Crippen molar-refractivity contribution in [3.05, 3.63) is 165 Å². The Morgan fingerprint density at radius 3 is 2.58 bits per heavy atom. The van der Waals surface area contributed by atoms with E-state index in [1.807, 2.05) is 33.7 Å². The standard InChI is InChI=1S/C66H69N3O7S2/c1-38(70)74-36-52-49-21-22-50-59-44(31-46(71)33-56(59)73-2)35-66-28-27-43(34-66)47(20-19-39-11-5-3-6-12-39)48-24-26-58(67)69-53(48)18-10-16-42-32-55(72)62-51(60(42)63(52)76-64(49)61(50)66)23-25-54-65(75-62)57(30-40-13-7-4-8-14-40)78-77-37-41-15-9-17-45(29-41)68-54/h3-8,11-14,21-26,31-33,41,43,45,47,52,54,57-58,63,65,68-69,71-72H,9,15-17,19-20,27-30,34-37,67H2,1-2H3/t41-,43+,45+,47+,52+,54-,57-,58?,63+,65-,66-/m1/s1. The largest absolute Gasteiger partial charge is 0.508 e. The number of nitrogens with one attached hydrogen (secondary N) is 2. The van der Waals surface area contributed by atoms with E-state index in [1.165, 1.54) is 36.5 Å². The van der Waals surface area contributed by atoms with Gasteiger partial charge in [-0.25, -0.2) is 0 Å². The number of ether oxygens (including phenoxy) is 4. The van der Waals surface area contributed by atoms with Gasteiger partial charge in [0.1, 0.15) is 36.1 Å². The summed E-state index contributed by atoms with van der Waals surface area (Å²) in [4.78, 5) is 13.0. The second kappa shape index (κ2) is 21.4. The summed E-state index contributed by atoms with van der Waals surface area (Å²) in [7, 11) is 5.56. The van der Waals surface area contributed by atoms with E-state index in [0.717, 1.165) is 113 Å². The highest BCUT2D eigenvalue weighted by atomic mass is 33.1. The fraction of sp³-hybridized carbons (Fsp3) is 0.409. The normalized spacial score (nSPS) is 29.1. The average Bonchev–Trinajstić information content (AvgIpc) is 4.10. The van der Waals surface area contributed by atoms with Crippen LogP contribution >= 0.6 is 21.6 Å². The molecule has 0 radical (unpaired) electrons. The molecular formula is C66H69N3O7S2. The van der Waals surface area contributed by atoms with Gasteiger partial charge in [-0.3, -0.25) is 4.79 Å². The molecule has 1 unspecified atom stereocenters. The number of methoxy groups -OCH3 is 1. The number of phenolic OH excluding ortho intramolecular Hbond substituents is 2. The van der Waals surface area contributed by atoms with Crippen molar-refractivity contribution < 1.29 is 34.0 Å². The molecule has 3 fully saturated rings. The Kier molecular flexibility index (Phi) is 14.1. The minimum atomic E-state index is -0.667. The molecule has 2 saturated carbocycles. The number of esters is 1. The van der Waals surface area contributed by atoms with Crippen LogP contribution in [0.15, 0.2) is 120 Å². The molecule has 1 saturated heterocycles.